The molecule has 0 saturated heterocycles. The van der Waals surface area contributed by atoms with Gasteiger partial charge in [0.05, 0.1) is 0 Å². The second-order valence-electron chi connectivity index (χ2n) is 2.99. The lowest BCUT2D eigenvalue weighted by atomic mass is 10.2. The number of hydrogen-bond acceptors (Lipinski definition) is 2. The number of nitrogens with two attached hydrogens (primary N) is 2. The van der Waals surface area contributed by atoms with E-state index in [1.54, 1.807) is 0 Å². The van der Waals surface area contributed by atoms with Crippen LogP contribution in [0.1, 0.15) is 52.4 Å². The van der Waals surface area contributed by atoms with E-state index in [1.165, 1.54) is 32.1 Å². The van der Waals surface area contributed by atoms with Crippen LogP contribution in [-0.2, 0) is 0 Å². The fourth-order valence-corrected chi connectivity index (χ4v) is 0.748. The summed E-state index contributed by atoms with van der Waals surface area (Å²) in [6, 6.07) is 0. The molecule has 12 heavy (non-hydrogen) atoms. The van der Waals surface area contributed by atoms with Gasteiger partial charge in [0.2, 0.25) is 0 Å². The van der Waals surface area contributed by atoms with Crippen LogP contribution in [0.4, 0.5) is 0 Å². The topological polar surface area (TPSA) is 52.0 Å². The van der Waals surface area contributed by atoms with E-state index < -0.39 is 0 Å². The highest BCUT2D eigenvalue weighted by Gasteiger charge is 1.83. The average molecular weight is 174 g/mol. The van der Waals surface area contributed by atoms with Gasteiger partial charge in [0, 0.05) is 0 Å². The number of rotatable bonds is 6. The number of unbranched alkanes of at least 4 members (excludes halogenated alkanes) is 4. The summed E-state index contributed by atoms with van der Waals surface area (Å²) in [5, 5.41) is 0. The van der Waals surface area contributed by atoms with E-state index >= 15 is 0 Å². The van der Waals surface area contributed by atoms with Gasteiger partial charge in [-0.1, -0.05) is 39.5 Å². The van der Waals surface area contributed by atoms with Crippen LogP contribution in [0.2, 0.25) is 0 Å². The van der Waals surface area contributed by atoms with E-state index in [4.69, 9.17) is 11.5 Å². The molecule has 76 valence electrons. The lowest BCUT2D eigenvalue weighted by molar-refractivity contribution is 0.638. The monoisotopic (exact) mass is 174 g/mol. The molecule has 0 amide bonds. The van der Waals surface area contributed by atoms with Crippen molar-refractivity contribution in [1.82, 2.24) is 0 Å². The molecule has 0 unspecified atom stereocenters. The van der Waals surface area contributed by atoms with Gasteiger partial charge >= 0.3 is 0 Å². The van der Waals surface area contributed by atoms with Crippen LogP contribution < -0.4 is 11.5 Å². The van der Waals surface area contributed by atoms with Crippen molar-refractivity contribution in [3.63, 3.8) is 0 Å². The Bertz CT molecular complexity index is 47.8. The Hall–Kier alpha value is -0.0800. The summed E-state index contributed by atoms with van der Waals surface area (Å²) in [5.74, 6) is 0. The lowest BCUT2D eigenvalue weighted by Crippen LogP contribution is -1.97. The molecule has 0 saturated carbocycles. The molecular weight excluding hydrogens is 148 g/mol. The van der Waals surface area contributed by atoms with Crippen LogP contribution in [0.15, 0.2) is 0 Å². The van der Waals surface area contributed by atoms with Gasteiger partial charge < -0.3 is 11.5 Å². The molecule has 0 aliphatic rings. The smallest absolute Gasteiger partial charge is 0.00773 e. The molecular formula is C10H26N2. The first kappa shape index (κ1) is 14.4. The summed E-state index contributed by atoms with van der Waals surface area (Å²) in [5.41, 5.74) is 10.3. The van der Waals surface area contributed by atoms with Crippen molar-refractivity contribution < 1.29 is 0 Å². The van der Waals surface area contributed by atoms with Gasteiger partial charge in [0.1, 0.15) is 0 Å². The van der Waals surface area contributed by atoms with Gasteiger partial charge in [-0.2, -0.15) is 0 Å². The van der Waals surface area contributed by atoms with Gasteiger partial charge in [0.15, 0.2) is 0 Å². The molecule has 0 heterocycles. The maximum absolute atomic E-state index is 5.31. The minimum Gasteiger partial charge on any atom is -0.330 e. The summed E-state index contributed by atoms with van der Waals surface area (Å²) in [6.07, 6.45) is 7.70. The van der Waals surface area contributed by atoms with Crippen molar-refractivity contribution in [3.8, 4) is 0 Å². The fourth-order valence-electron chi connectivity index (χ4n) is 0.748. The average Bonchev–Trinajstić information content (AvgIpc) is 2.13. The molecule has 0 aromatic carbocycles. The second-order valence-corrected chi connectivity index (χ2v) is 2.99. The van der Waals surface area contributed by atoms with Crippen molar-refractivity contribution in [2.75, 3.05) is 13.1 Å². The van der Waals surface area contributed by atoms with Gasteiger partial charge in [-0.3, -0.25) is 0 Å². The van der Waals surface area contributed by atoms with Crippen molar-refractivity contribution in [2.24, 2.45) is 11.5 Å². The zero-order valence-electron chi connectivity index (χ0n) is 8.81. The third-order valence-electron chi connectivity index (χ3n) is 1.60. The van der Waals surface area contributed by atoms with Crippen LogP contribution in [-0.4, -0.2) is 13.1 Å². The molecule has 0 bridgehead atoms. The minimum atomic E-state index is 0.819. The molecule has 2 heteroatoms. The molecule has 0 aliphatic carbocycles. The highest BCUT2D eigenvalue weighted by molar-refractivity contribution is 4.41. The molecule has 0 aromatic heterocycles. The molecule has 0 atom stereocenters. The third-order valence-corrected chi connectivity index (χ3v) is 1.60. The Morgan fingerprint density at radius 1 is 0.667 bits per heavy atom. The predicted molar refractivity (Wildman–Crippen MR) is 57.2 cm³/mol. The van der Waals surface area contributed by atoms with E-state index in [2.05, 4.69) is 13.8 Å². The first-order valence-corrected chi connectivity index (χ1v) is 5.23. The zero-order chi connectivity index (χ0) is 9.66. The van der Waals surface area contributed by atoms with Crippen LogP contribution in [0, 0.1) is 0 Å². The molecule has 0 radical (unpaired) electrons. The SMILES string of the molecule is CCCCCCCN.CCCN. The molecule has 2 nitrogen and oxygen atoms in total. The summed E-state index contributed by atoms with van der Waals surface area (Å²) in [4.78, 5) is 0. The van der Waals surface area contributed by atoms with Crippen LogP contribution in [0.25, 0.3) is 0 Å². The zero-order valence-corrected chi connectivity index (χ0v) is 8.81. The molecule has 0 rings (SSSR count). The van der Waals surface area contributed by atoms with Crippen LogP contribution >= 0.6 is 0 Å². The highest BCUT2D eigenvalue weighted by Crippen LogP contribution is 2.00. The Labute approximate surface area is 77.7 Å². The molecule has 0 spiro atoms. The summed E-state index contributed by atoms with van der Waals surface area (Å²) in [6.45, 7) is 5.96. The molecule has 0 fully saturated rings. The summed E-state index contributed by atoms with van der Waals surface area (Å²) in [7, 11) is 0. The normalized spacial score (nSPS) is 9.00. The summed E-state index contributed by atoms with van der Waals surface area (Å²) < 4.78 is 0. The number of hydrogen-bond donors (Lipinski definition) is 2. The van der Waals surface area contributed by atoms with Crippen molar-refractivity contribution >= 4 is 0 Å². The minimum absolute atomic E-state index is 0.819. The second kappa shape index (κ2) is 17.1. The maximum Gasteiger partial charge on any atom is -0.00773 e. The maximum atomic E-state index is 5.31. The van der Waals surface area contributed by atoms with Gasteiger partial charge in [0.25, 0.3) is 0 Å². The van der Waals surface area contributed by atoms with E-state index in [0.29, 0.717) is 0 Å². The molecule has 0 aromatic rings. The standard InChI is InChI=1S/C7H17N.C3H9N/c1-2-3-4-5-6-7-8;1-2-3-4/h2-8H2,1H3;2-4H2,1H3. The van der Waals surface area contributed by atoms with Crippen LogP contribution in [0.5, 0.6) is 0 Å². The first-order valence-electron chi connectivity index (χ1n) is 5.23. The Kier molecular flexibility index (Phi) is 20.6. The largest absolute Gasteiger partial charge is 0.330 e. The van der Waals surface area contributed by atoms with E-state index in [0.717, 1.165) is 19.5 Å². The Balaban J connectivity index is 0. The lowest BCUT2D eigenvalue weighted by Gasteiger charge is -1.93. The van der Waals surface area contributed by atoms with E-state index in [9.17, 15) is 0 Å². The molecule has 0 aliphatic heterocycles. The summed E-state index contributed by atoms with van der Waals surface area (Å²) >= 11 is 0. The first-order chi connectivity index (χ1) is 5.83. The van der Waals surface area contributed by atoms with Crippen molar-refractivity contribution in [2.45, 2.75) is 52.4 Å². The highest BCUT2D eigenvalue weighted by atomic mass is 14.5. The van der Waals surface area contributed by atoms with Gasteiger partial charge in [-0.05, 0) is 25.9 Å². The quantitative estimate of drug-likeness (QED) is 0.607. The van der Waals surface area contributed by atoms with Crippen molar-refractivity contribution in [3.05, 3.63) is 0 Å². The van der Waals surface area contributed by atoms with Crippen LogP contribution in [0.3, 0.4) is 0 Å². The van der Waals surface area contributed by atoms with Gasteiger partial charge in [-0.15, -0.1) is 0 Å². The van der Waals surface area contributed by atoms with E-state index in [-0.39, 0.29) is 0 Å². The predicted octanol–water partition coefficient (Wildman–Crippen LogP) is 2.27. The molecule has 4 N–H and O–H groups in total. The Morgan fingerprint density at radius 3 is 1.50 bits per heavy atom. The van der Waals surface area contributed by atoms with Crippen molar-refractivity contribution in [1.29, 1.82) is 0 Å². The third kappa shape index (κ3) is 22.5. The van der Waals surface area contributed by atoms with Gasteiger partial charge in [-0.25, -0.2) is 0 Å². The van der Waals surface area contributed by atoms with E-state index in [1.807, 2.05) is 0 Å². The Morgan fingerprint density at radius 2 is 1.17 bits per heavy atom. The fraction of sp³-hybridized carbons (Fsp3) is 1.00.